The van der Waals surface area contributed by atoms with Crippen molar-refractivity contribution in [1.29, 1.82) is 0 Å². The monoisotopic (exact) mass is 490 g/mol. The molecule has 2 heterocycles. The number of anilines is 1. The second-order valence-electron chi connectivity index (χ2n) is 8.00. The maximum absolute atomic E-state index is 12.5. The highest BCUT2D eigenvalue weighted by Gasteiger charge is 2.16. The van der Waals surface area contributed by atoms with Gasteiger partial charge in [-0.25, -0.2) is 4.98 Å². The van der Waals surface area contributed by atoms with Crippen molar-refractivity contribution in [3.63, 3.8) is 0 Å². The molecule has 0 saturated heterocycles. The standard InChI is InChI=1S/C26H26N4O2S2/c1-15-12-16(2)24(17(3)13-15)28-22(31)14-33-23-11-10-20(29-30-23)25-18(4)27-26(34-25)19-8-6-7-9-21(19)32-5/h6-13H,14H2,1-5H3,(H,28,31). The van der Waals surface area contributed by atoms with Gasteiger partial charge in [-0.3, -0.25) is 4.79 Å². The zero-order chi connectivity index (χ0) is 24.2. The Kier molecular flexibility index (Phi) is 7.29. The molecule has 4 rings (SSSR count). The number of para-hydroxylation sites is 1. The lowest BCUT2D eigenvalue weighted by atomic mass is 10.1. The number of aromatic nitrogens is 3. The van der Waals surface area contributed by atoms with Crippen LogP contribution in [0.1, 0.15) is 22.4 Å². The number of benzene rings is 2. The van der Waals surface area contributed by atoms with E-state index in [0.717, 1.165) is 49.4 Å². The molecule has 6 nitrogen and oxygen atoms in total. The van der Waals surface area contributed by atoms with Crippen molar-refractivity contribution in [1.82, 2.24) is 15.2 Å². The lowest BCUT2D eigenvalue weighted by molar-refractivity contribution is -0.113. The summed E-state index contributed by atoms with van der Waals surface area (Å²) in [5.41, 5.74) is 6.79. The summed E-state index contributed by atoms with van der Waals surface area (Å²) in [4.78, 5) is 18.2. The Morgan fingerprint density at radius 2 is 1.76 bits per heavy atom. The highest BCUT2D eigenvalue weighted by molar-refractivity contribution is 7.99. The van der Waals surface area contributed by atoms with Gasteiger partial charge in [0.2, 0.25) is 5.91 Å². The van der Waals surface area contributed by atoms with Crippen molar-refractivity contribution >= 4 is 34.7 Å². The third-order valence-corrected chi connectivity index (χ3v) is 7.43. The maximum Gasteiger partial charge on any atom is 0.234 e. The van der Waals surface area contributed by atoms with E-state index >= 15 is 0 Å². The van der Waals surface area contributed by atoms with E-state index in [4.69, 9.17) is 9.72 Å². The molecule has 34 heavy (non-hydrogen) atoms. The molecule has 0 saturated carbocycles. The molecule has 0 bridgehead atoms. The summed E-state index contributed by atoms with van der Waals surface area (Å²) in [6.07, 6.45) is 0. The van der Waals surface area contributed by atoms with E-state index in [1.54, 1.807) is 18.4 Å². The van der Waals surface area contributed by atoms with Gasteiger partial charge in [0.1, 0.15) is 21.5 Å². The van der Waals surface area contributed by atoms with E-state index in [9.17, 15) is 4.79 Å². The number of thiazole rings is 1. The van der Waals surface area contributed by atoms with Crippen LogP contribution in [0.2, 0.25) is 0 Å². The van der Waals surface area contributed by atoms with Gasteiger partial charge in [-0.05, 0) is 63.1 Å². The molecule has 0 aliphatic heterocycles. The molecule has 2 aromatic heterocycles. The molecule has 1 amide bonds. The summed E-state index contributed by atoms with van der Waals surface area (Å²) in [7, 11) is 1.66. The first-order valence-electron chi connectivity index (χ1n) is 10.8. The van der Waals surface area contributed by atoms with E-state index in [0.29, 0.717) is 5.03 Å². The molecule has 0 atom stereocenters. The molecular formula is C26H26N4O2S2. The quantitative estimate of drug-likeness (QED) is 0.309. The predicted octanol–water partition coefficient (Wildman–Crippen LogP) is 6.24. The summed E-state index contributed by atoms with van der Waals surface area (Å²) >= 11 is 2.92. The van der Waals surface area contributed by atoms with E-state index < -0.39 is 0 Å². The number of hydrogen-bond donors (Lipinski definition) is 1. The lowest BCUT2D eigenvalue weighted by Gasteiger charge is -2.12. The number of aryl methyl sites for hydroxylation is 4. The predicted molar refractivity (Wildman–Crippen MR) is 140 cm³/mol. The summed E-state index contributed by atoms with van der Waals surface area (Å²) in [5.74, 6) is 0.985. The molecule has 0 aliphatic carbocycles. The van der Waals surface area contributed by atoms with Crippen molar-refractivity contribution in [3.05, 3.63) is 70.9 Å². The molecule has 0 spiro atoms. The van der Waals surface area contributed by atoms with Gasteiger partial charge in [0, 0.05) is 5.69 Å². The Bertz CT molecular complexity index is 1310. The van der Waals surface area contributed by atoms with E-state index in [2.05, 4.69) is 34.6 Å². The van der Waals surface area contributed by atoms with Gasteiger partial charge in [-0.15, -0.1) is 21.5 Å². The zero-order valence-electron chi connectivity index (χ0n) is 19.8. The summed E-state index contributed by atoms with van der Waals surface area (Å²) in [6.45, 7) is 8.03. The Labute approximate surface area is 207 Å². The van der Waals surface area contributed by atoms with Gasteiger partial charge in [-0.1, -0.05) is 41.6 Å². The minimum absolute atomic E-state index is 0.0642. The lowest BCUT2D eigenvalue weighted by Crippen LogP contribution is -2.16. The molecule has 0 unspecified atom stereocenters. The van der Waals surface area contributed by atoms with Crippen LogP contribution in [-0.4, -0.2) is 34.0 Å². The number of nitrogens with zero attached hydrogens (tertiary/aromatic N) is 3. The van der Waals surface area contributed by atoms with Gasteiger partial charge < -0.3 is 10.1 Å². The second kappa shape index (κ2) is 10.4. The first-order valence-corrected chi connectivity index (χ1v) is 12.6. The molecule has 0 fully saturated rings. The number of thioether (sulfide) groups is 1. The van der Waals surface area contributed by atoms with Gasteiger partial charge in [-0.2, -0.15) is 0 Å². The molecule has 1 N–H and O–H groups in total. The van der Waals surface area contributed by atoms with Gasteiger partial charge in [0.15, 0.2) is 0 Å². The van der Waals surface area contributed by atoms with Crippen molar-refractivity contribution in [2.24, 2.45) is 0 Å². The molecule has 0 aliphatic rings. The highest BCUT2D eigenvalue weighted by Crippen LogP contribution is 2.38. The van der Waals surface area contributed by atoms with Crippen LogP contribution >= 0.6 is 23.1 Å². The average molecular weight is 491 g/mol. The topological polar surface area (TPSA) is 77.0 Å². The SMILES string of the molecule is COc1ccccc1-c1nc(C)c(-c2ccc(SCC(=O)Nc3c(C)cc(C)cc3C)nn2)s1. The smallest absolute Gasteiger partial charge is 0.234 e. The fourth-order valence-electron chi connectivity index (χ4n) is 3.78. The maximum atomic E-state index is 12.5. The molecule has 4 aromatic rings. The number of hydrogen-bond acceptors (Lipinski definition) is 7. The fraction of sp³-hybridized carbons (Fsp3) is 0.231. The summed E-state index contributed by atoms with van der Waals surface area (Å²) < 4.78 is 5.48. The third-order valence-electron chi connectivity index (χ3n) is 5.30. The normalized spacial score (nSPS) is 10.9. The van der Waals surface area contributed by atoms with Crippen LogP contribution in [0.3, 0.4) is 0 Å². The van der Waals surface area contributed by atoms with Crippen LogP contribution in [0.15, 0.2) is 53.6 Å². The van der Waals surface area contributed by atoms with Gasteiger partial charge in [0.25, 0.3) is 0 Å². The number of ether oxygens (including phenoxy) is 1. The first-order chi connectivity index (χ1) is 16.4. The fourth-order valence-corrected chi connectivity index (χ4v) is 5.46. The molecule has 0 radical (unpaired) electrons. The van der Waals surface area contributed by atoms with Crippen LogP contribution in [0, 0.1) is 27.7 Å². The van der Waals surface area contributed by atoms with Crippen LogP contribution in [0.4, 0.5) is 5.69 Å². The molecule has 174 valence electrons. The summed E-state index contributed by atoms with van der Waals surface area (Å²) in [6, 6.07) is 15.8. The Morgan fingerprint density at radius 3 is 2.44 bits per heavy atom. The number of rotatable bonds is 7. The Hall–Kier alpha value is -3.23. The van der Waals surface area contributed by atoms with Crippen LogP contribution in [0.25, 0.3) is 21.1 Å². The van der Waals surface area contributed by atoms with Crippen molar-refractivity contribution in [2.75, 3.05) is 18.2 Å². The minimum atomic E-state index is -0.0642. The number of amides is 1. The zero-order valence-corrected chi connectivity index (χ0v) is 21.4. The van der Waals surface area contributed by atoms with Crippen molar-refractivity contribution in [3.8, 4) is 26.9 Å². The Balaban J connectivity index is 1.43. The molecule has 8 heteroatoms. The molecule has 2 aromatic carbocycles. The molecular weight excluding hydrogens is 464 g/mol. The van der Waals surface area contributed by atoms with Crippen LogP contribution in [0.5, 0.6) is 5.75 Å². The number of nitrogens with one attached hydrogen (secondary N) is 1. The van der Waals surface area contributed by atoms with E-state index in [1.165, 1.54) is 17.3 Å². The minimum Gasteiger partial charge on any atom is -0.496 e. The van der Waals surface area contributed by atoms with Crippen LogP contribution in [-0.2, 0) is 4.79 Å². The van der Waals surface area contributed by atoms with E-state index in [1.807, 2.05) is 57.2 Å². The number of carbonyl (C=O) groups is 1. The largest absolute Gasteiger partial charge is 0.496 e. The van der Waals surface area contributed by atoms with Crippen molar-refractivity contribution in [2.45, 2.75) is 32.7 Å². The second-order valence-corrected chi connectivity index (χ2v) is 10.00. The van der Waals surface area contributed by atoms with Crippen molar-refractivity contribution < 1.29 is 9.53 Å². The van der Waals surface area contributed by atoms with Gasteiger partial charge >= 0.3 is 0 Å². The van der Waals surface area contributed by atoms with Crippen LogP contribution < -0.4 is 10.1 Å². The average Bonchev–Trinajstić information content (AvgIpc) is 3.21. The van der Waals surface area contributed by atoms with Gasteiger partial charge in [0.05, 0.1) is 29.0 Å². The Morgan fingerprint density at radius 1 is 1.03 bits per heavy atom. The highest BCUT2D eigenvalue weighted by atomic mass is 32.2. The summed E-state index contributed by atoms with van der Waals surface area (Å²) in [5, 5.41) is 13.3. The number of carbonyl (C=O) groups excluding carboxylic acids is 1. The third kappa shape index (κ3) is 5.29. The number of methoxy groups -OCH3 is 1. The van der Waals surface area contributed by atoms with E-state index in [-0.39, 0.29) is 11.7 Å². The first kappa shape index (κ1) is 23.9.